The number of amides is 1. The number of aliphatic hydroxyl groups is 1. The minimum Gasteiger partial charge on any atom is -0.465 e. The lowest BCUT2D eigenvalue weighted by Crippen LogP contribution is -2.36. The van der Waals surface area contributed by atoms with Gasteiger partial charge in [0.2, 0.25) is 5.91 Å². The summed E-state index contributed by atoms with van der Waals surface area (Å²) in [6, 6.07) is 7.11. The fourth-order valence-corrected chi connectivity index (χ4v) is 6.02. The molecule has 2 heterocycles. The zero-order valence-electron chi connectivity index (χ0n) is 26.4. The molecule has 252 valence electrons. The number of hydrogen-bond donors (Lipinski definition) is 4. The number of benzene rings is 1. The summed E-state index contributed by atoms with van der Waals surface area (Å²) in [5.74, 6) is 4.78. The van der Waals surface area contributed by atoms with Gasteiger partial charge in [-0.2, -0.15) is 5.09 Å². The lowest BCUT2D eigenvalue weighted by Gasteiger charge is -2.24. The Balaban J connectivity index is 1.64. The number of esters is 1. The monoisotopic (exact) mass is 662 g/mol. The summed E-state index contributed by atoms with van der Waals surface area (Å²) in [6.45, 7) is 4.90. The molecule has 0 saturated carbocycles. The van der Waals surface area contributed by atoms with Crippen LogP contribution in [0.25, 0.3) is 0 Å². The molecule has 1 aromatic carbocycles. The third-order valence-electron chi connectivity index (χ3n) is 6.96. The van der Waals surface area contributed by atoms with E-state index in [0.29, 0.717) is 6.42 Å². The van der Waals surface area contributed by atoms with Crippen LogP contribution in [0.1, 0.15) is 77.5 Å². The van der Waals surface area contributed by atoms with Gasteiger partial charge in [0, 0.05) is 19.0 Å². The van der Waals surface area contributed by atoms with Crippen molar-refractivity contribution in [1.29, 1.82) is 0 Å². The Labute approximate surface area is 267 Å². The average molecular weight is 663 g/mol. The molecule has 1 unspecified atom stereocenters. The van der Waals surface area contributed by atoms with Gasteiger partial charge in [-0.15, -0.1) is 0 Å². The summed E-state index contributed by atoms with van der Waals surface area (Å²) in [5.41, 5.74) is -1.53. The predicted octanol–water partition coefficient (Wildman–Crippen LogP) is 2.76. The molecule has 1 saturated heterocycles. The van der Waals surface area contributed by atoms with Crippen LogP contribution in [0.5, 0.6) is 5.75 Å². The molecule has 0 radical (unpaired) electrons. The number of H-pyrrole nitrogens is 1. The van der Waals surface area contributed by atoms with Gasteiger partial charge in [-0.25, -0.2) is 9.36 Å². The van der Waals surface area contributed by atoms with Crippen molar-refractivity contribution in [3.63, 3.8) is 0 Å². The molecule has 0 aliphatic carbocycles. The molecule has 46 heavy (non-hydrogen) atoms. The third kappa shape index (κ3) is 11.6. The van der Waals surface area contributed by atoms with Gasteiger partial charge in [0.1, 0.15) is 29.7 Å². The Kier molecular flexibility index (Phi) is 14.7. The number of aromatic nitrogens is 2. The summed E-state index contributed by atoms with van der Waals surface area (Å²) < 4.78 is 36.8. The second-order valence-corrected chi connectivity index (χ2v) is 12.4. The van der Waals surface area contributed by atoms with Gasteiger partial charge in [0.15, 0.2) is 0 Å². The number of aromatic amines is 1. The molecule has 0 bridgehead atoms. The molecular weight excluding hydrogens is 619 g/mol. The molecule has 2 aromatic rings. The van der Waals surface area contributed by atoms with Crippen molar-refractivity contribution in [3.8, 4) is 17.6 Å². The van der Waals surface area contributed by atoms with E-state index in [0.717, 1.165) is 36.7 Å². The van der Waals surface area contributed by atoms with Gasteiger partial charge in [0.25, 0.3) is 5.56 Å². The minimum absolute atomic E-state index is 0.0261. The van der Waals surface area contributed by atoms with Crippen LogP contribution in [-0.2, 0) is 28.2 Å². The number of ether oxygens (including phenoxy) is 2. The Bertz CT molecular complexity index is 1520. The minimum atomic E-state index is -4.21. The SMILES string of the molecule is CCCCCCCC(=O)NCC#Cc1cn([C@H]2C[C@H](O)[C@@H](COP(=O)(N[C@@H](C)C(=O)OCC)Oc3ccccc3)O2)c(=O)[nH]c1=O. The Morgan fingerprint density at radius 2 is 1.91 bits per heavy atom. The van der Waals surface area contributed by atoms with Crippen LogP contribution in [0, 0.1) is 11.8 Å². The molecule has 15 heteroatoms. The highest BCUT2D eigenvalue weighted by molar-refractivity contribution is 7.52. The normalized spacial score (nSPS) is 19.3. The first kappa shape index (κ1) is 36.7. The summed E-state index contributed by atoms with van der Waals surface area (Å²) in [4.78, 5) is 51.4. The smallest absolute Gasteiger partial charge is 0.459 e. The van der Waals surface area contributed by atoms with Crippen LogP contribution in [-0.4, -0.2) is 64.5 Å². The van der Waals surface area contributed by atoms with E-state index < -0.39 is 56.0 Å². The molecule has 1 aliphatic rings. The topological polar surface area (TPSA) is 187 Å². The number of hydrogen-bond acceptors (Lipinski definition) is 10. The molecule has 4 N–H and O–H groups in total. The average Bonchev–Trinajstić information content (AvgIpc) is 3.39. The van der Waals surface area contributed by atoms with Crippen molar-refractivity contribution >= 4 is 19.6 Å². The van der Waals surface area contributed by atoms with Crippen molar-refractivity contribution in [3.05, 3.63) is 62.9 Å². The maximum atomic E-state index is 13.7. The molecule has 1 aliphatic heterocycles. The van der Waals surface area contributed by atoms with Crippen molar-refractivity contribution in [2.75, 3.05) is 19.8 Å². The van der Waals surface area contributed by atoms with E-state index in [1.165, 1.54) is 13.1 Å². The van der Waals surface area contributed by atoms with Crippen molar-refractivity contribution in [1.82, 2.24) is 20.0 Å². The van der Waals surface area contributed by atoms with Gasteiger partial charge in [-0.1, -0.05) is 62.6 Å². The number of nitrogens with zero attached hydrogens (tertiary/aromatic N) is 1. The summed E-state index contributed by atoms with van der Waals surface area (Å²) in [7, 11) is -4.21. The van der Waals surface area contributed by atoms with Crippen LogP contribution in [0.4, 0.5) is 0 Å². The second kappa shape index (κ2) is 18.4. The summed E-state index contributed by atoms with van der Waals surface area (Å²) in [6.07, 6.45) is 3.49. The van der Waals surface area contributed by atoms with Crippen molar-refractivity contribution in [2.24, 2.45) is 0 Å². The number of aliphatic hydroxyl groups excluding tert-OH is 1. The van der Waals surface area contributed by atoms with Crippen LogP contribution in [0.15, 0.2) is 46.1 Å². The number of para-hydroxylation sites is 1. The zero-order chi connectivity index (χ0) is 33.5. The molecule has 1 amide bonds. The maximum Gasteiger partial charge on any atom is 0.459 e. The first-order valence-electron chi connectivity index (χ1n) is 15.4. The molecule has 14 nitrogen and oxygen atoms in total. The fraction of sp³-hybridized carbons (Fsp3) is 0.548. The number of unbranched alkanes of at least 4 members (excludes halogenated alkanes) is 4. The fourth-order valence-electron chi connectivity index (χ4n) is 4.52. The summed E-state index contributed by atoms with van der Waals surface area (Å²) >= 11 is 0. The highest BCUT2D eigenvalue weighted by Crippen LogP contribution is 2.45. The van der Waals surface area contributed by atoms with Crippen molar-refractivity contribution < 1.29 is 37.8 Å². The van der Waals surface area contributed by atoms with Crippen LogP contribution >= 0.6 is 7.75 Å². The summed E-state index contributed by atoms with van der Waals surface area (Å²) in [5, 5.41) is 15.9. The van der Waals surface area contributed by atoms with Gasteiger partial charge in [-0.05, 0) is 32.4 Å². The number of carbonyl (C=O) groups excluding carboxylic acids is 2. The van der Waals surface area contributed by atoms with E-state index in [2.05, 4.69) is 34.2 Å². The van der Waals surface area contributed by atoms with Crippen LogP contribution in [0.2, 0.25) is 0 Å². The lowest BCUT2D eigenvalue weighted by molar-refractivity contribution is -0.144. The number of nitrogens with one attached hydrogen (secondary N) is 3. The van der Waals surface area contributed by atoms with Crippen molar-refractivity contribution in [2.45, 2.75) is 90.2 Å². The Morgan fingerprint density at radius 1 is 1.17 bits per heavy atom. The maximum absolute atomic E-state index is 13.7. The van der Waals surface area contributed by atoms with Gasteiger partial charge in [0.05, 0.1) is 25.9 Å². The molecule has 1 fully saturated rings. The van der Waals surface area contributed by atoms with E-state index in [9.17, 15) is 28.8 Å². The second-order valence-electron chi connectivity index (χ2n) is 10.7. The van der Waals surface area contributed by atoms with E-state index in [4.69, 9.17) is 18.5 Å². The van der Waals surface area contributed by atoms with Gasteiger partial charge < -0.3 is 24.4 Å². The van der Waals surface area contributed by atoms with Crippen LogP contribution in [0.3, 0.4) is 0 Å². The molecular formula is C31H43N4O10P. The van der Waals surface area contributed by atoms with E-state index >= 15 is 0 Å². The quantitative estimate of drug-likeness (QED) is 0.0844. The van der Waals surface area contributed by atoms with Crippen LogP contribution < -0.4 is 26.2 Å². The molecule has 1 aromatic heterocycles. The number of carbonyl (C=O) groups is 2. The largest absolute Gasteiger partial charge is 0.465 e. The molecule has 3 rings (SSSR count). The third-order valence-corrected chi connectivity index (χ3v) is 8.60. The predicted molar refractivity (Wildman–Crippen MR) is 169 cm³/mol. The standard InChI is InChI=1S/C31H43N4O10P/c1-4-6-7-8-12-17-27(37)32-18-13-14-23-20-35(31(40)33-29(23)38)28-19-25(36)26(44-28)21-43-46(41,34-22(3)30(39)42-5-2)45-24-15-10-9-11-16-24/h9-11,15-16,20,22,25-26,28,36H,4-8,12,17-19,21H2,1-3H3,(H,32,37)(H,34,41)(H,33,38,40)/t22-,25-,26+,28+,46?/m0/s1. The van der Waals surface area contributed by atoms with Gasteiger partial charge >= 0.3 is 19.4 Å². The Hall–Kier alpha value is -3.73. The lowest BCUT2D eigenvalue weighted by atomic mass is 10.1. The first-order valence-corrected chi connectivity index (χ1v) is 17.0. The Morgan fingerprint density at radius 3 is 2.63 bits per heavy atom. The van der Waals surface area contributed by atoms with Gasteiger partial charge in [-0.3, -0.25) is 28.5 Å². The highest BCUT2D eigenvalue weighted by Gasteiger charge is 2.39. The number of rotatable bonds is 17. The zero-order valence-corrected chi connectivity index (χ0v) is 27.3. The van der Waals surface area contributed by atoms with E-state index in [1.807, 2.05) is 0 Å². The molecule has 5 atom stereocenters. The first-order chi connectivity index (χ1) is 22.0. The highest BCUT2D eigenvalue weighted by atomic mass is 31.2. The molecule has 0 spiro atoms. The van der Waals surface area contributed by atoms with E-state index in [1.54, 1.807) is 37.3 Å². The van der Waals surface area contributed by atoms with E-state index in [-0.39, 0.29) is 36.8 Å².